The summed E-state index contributed by atoms with van der Waals surface area (Å²) in [6, 6.07) is 20.1. The lowest BCUT2D eigenvalue weighted by Gasteiger charge is -2.35. The molecule has 4 rings (SSSR count). The molecule has 2 heterocycles. The zero-order valence-corrected chi connectivity index (χ0v) is 16.6. The number of nitrogens with zero attached hydrogens (tertiary/aromatic N) is 4. The van der Waals surface area contributed by atoms with Gasteiger partial charge in [-0.3, -0.25) is 4.79 Å². The predicted octanol–water partition coefficient (Wildman–Crippen LogP) is 2.93. The SMILES string of the molecule is Cc1ccc(-c2cc(N3CCN(C(=O)Cc4ccccc4)CC3)nc(N)n2)cc1. The van der Waals surface area contributed by atoms with Crippen molar-refractivity contribution in [2.75, 3.05) is 36.8 Å². The van der Waals surface area contributed by atoms with Gasteiger partial charge in [-0.1, -0.05) is 60.2 Å². The first-order valence-corrected chi connectivity index (χ1v) is 9.87. The van der Waals surface area contributed by atoms with E-state index in [9.17, 15) is 4.79 Å². The number of aryl methyl sites for hydroxylation is 1. The van der Waals surface area contributed by atoms with Crippen LogP contribution in [0.5, 0.6) is 0 Å². The molecular weight excluding hydrogens is 362 g/mol. The minimum atomic E-state index is 0.165. The Morgan fingerprint density at radius 1 is 0.966 bits per heavy atom. The number of anilines is 2. The summed E-state index contributed by atoms with van der Waals surface area (Å²) in [5.74, 6) is 1.24. The Morgan fingerprint density at radius 3 is 2.34 bits per heavy atom. The number of nitrogens with two attached hydrogens (primary N) is 1. The fourth-order valence-corrected chi connectivity index (χ4v) is 3.55. The minimum Gasteiger partial charge on any atom is -0.368 e. The number of carbonyl (C=O) groups excluding carboxylic acids is 1. The Hall–Kier alpha value is -3.41. The number of benzene rings is 2. The fraction of sp³-hybridized carbons (Fsp3) is 0.261. The van der Waals surface area contributed by atoms with Crippen molar-refractivity contribution >= 4 is 17.7 Å². The third-order valence-electron chi connectivity index (χ3n) is 5.23. The van der Waals surface area contributed by atoms with Gasteiger partial charge in [0.25, 0.3) is 0 Å². The smallest absolute Gasteiger partial charge is 0.227 e. The summed E-state index contributed by atoms with van der Waals surface area (Å²) < 4.78 is 0. The van der Waals surface area contributed by atoms with Crippen LogP contribution < -0.4 is 10.6 Å². The van der Waals surface area contributed by atoms with E-state index < -0.39 is 0 Å². The highest BCUT2D eigenvalue weighted by molar-refractivity contribution is 5.79. The summed E-state index contributed by atoms with van der Waals surface area (Å²) in [6.07, 6.45) is 0.443. The van der Waals surface area contributed by atoms with Gasteiger partial charge in [-0.25, -0.2) is 4.98 Å². The summed E-state index contributed by atoms with van der Waals surface area (Å²) in [6.45, 7) is 4.86. The second kappa shape index (κ2) is 8.31. The van der Waals surface area contributed by atoms with E-state index in [0.29, 0.717) is 19.5 Å². The normalized spacial score (nSPS) is 14.1. The quantitative estimate of drug-likeness (QED) is 0.745. The third-order valence-corrected chi connectivity index (χ3v) is 5.23. The maximum Gasteiger partial charge on any atom is 0.227 e. The van der Waals surface area contributed by atoms with Crippen LogP contribution in [0.3, 0.4) is 0 Å². The van der Waals surface area contributed by atoms with Crippen LogP contribution in [0, 0.1) is 6.92 Å². The highest BCUT2D eigenvalue weighted by atomic mass is 16.2. The number of hydrogen-bond donors (Lipinski definition) is 1. The van der Waals surface area contributed by atoms with Crippen LogP contribution in [-0.2, 0) is 11.2 Å². The molecular formula is C23H25N5O. The van der Waals surface area contributed by atoms with Crippen molar-refractivity contribution < 1.29 is 4.79 Å². The van der Waals surface area contributed by atoms with E-state index >= 15 is 0 Å². The molecule has 0 aliphatic carbocycles. The Bertz CT molecular complexity index is 980. The Balaban J connectivity index is 1.43. The van der Waals surface area contributed by atoms with Crippen LogP contribution in [0.4, 0.5) is 11.8 Å². The van der Waals surface area contributed by atoms with E-state index in [1.54, 1.807) is 0 Å². The fourth-order valence-electron chi connectivity index (χ4n) is 3.55. The summed E-state index contributed by atoms with van der Waals surface area (Å²) in [5, 5.41) is 0. The van der Waals surface area contributed by atoms with Crippen LogP contribution in [-0.4, -0.2) is 47.0 Å². The Kier molecular flexibility index (Phi) is 5.42. The molecule has 29 heavy (non-hydrogen) atoms. The van der Waals surface area contributed by atoms with Crippen LogP contribution >= 0.6 is 0 Å². The zero-order valence-electron chi connectivity index (χ0n) is 16.6. The van der Waals surface area contributed by atoms with E-state index in [4.69, 9.17) is 5.73 Å². The van der Waals surface area contributed by atoms with Gasteiger partial charge in [-0.2, -0.15) is 4.98 Å². The number of nitrogen functional groups attached to an aromatic ring is 1. The van der Waals surface area contributed by atoms with E-state index in [1.165, 1.54) is 5.56 Å². The van der Waals surface area contributed by atoms with E-state index in [1.807, 2.05) is 53.4 Å². The molecule has 0 saturated carbocycles. The van der Waals surface area contributed by atoms with Gasteiger partial charge in [0.2, 0.25) is 11.9 Å². The first kappa shape index (κ1) is 18.9. The van der Waals surface area contributed by atoms with Crippen molar-refractivity contribution in [1.29, 1.82) is 0 Å². The van der Waals surface area contributed by atoms with Gasteiger partial charge in [0, 0.05) is 37.8 Å². The summed E-state index contributed by atoms with van der Waals surface area (Å²) in [7, 11) is 0. The second-order valence-electron chi connectivity index (χ2n) is 7.37. The van der Waals surface area contributed by atoms with Crippen molar-refractivity contribution in [2.24, 2.45) is 0 Å². The van der Waals surface area contributed by atoms with Gasteiger partial charge in [-0.15, -0.1) is 0 Å². The Morgan fingerprint density at radius 2 is 1.66 bits per heavy atom. The van der Waals surface area contributed by atoms with Crippen molar-refractivity contribution in [3.8, 4) is 11.3 Å². The first-order valence-electron chi connectivity index (χ1n) is 9.87. The number of amides is 1. The van der Waals surface area contributed by atoms with Crippen LogP contribution in [0.2, 0.25) is 0 Å². The lowest BCUT2D eigenvalue weighted by atomic mass is 10.1. The molecule has 0 atom stereocenters. The average molecular weight is 387 g/mol. The molecule has 0 unspecified atom stereocenters. The highest BCUT2D eigenvalue weighted by Gasteiger charge is 2.22. The number of rotatable bonds is 4. The molecule has 1 aromatic heterocycles. The van der Waals surface area contributed by atoms with Crippen molar-refractivity contribution in [1.82, 2.24) is 14.9 Å². The van der Waals surface area contributed by atoms with E-state index in [-0.39, 0.29) is 11.9 Å². The average Bonchev–Trinajstić information content (AvgIpc) is 2.74. The van der Waals surface area contributed by atoms with Crippen molar-refractivity contribution in [2.45, 2.75) is 13.3 Å². The predicted molar refractivity (Wildman–Crippen MR) is 116 cm³/mol. The number of piperazine rings is 1. The number of hydrogen-bond acceptors (Lipinski definition) is 5. The molecule has 0 bridgehead atoms. The monoisotopic (exact) mass is 387 g/mol. The summed E-state index contributed by atoms with van der Waals surface area (Å²) in [5.41, 5.74) is 10.1. The van der Waals surface area contributed by atoms with E-state index in [2.05, 4.69) is 33.9 Å². The first-order chi connectivity index (χ1) is 14.1. The minimum absolute atomic E-state index is 0.165. The van der Waals surface area contributed by atoms with Crippen LogP contribution in [0.15, 0.2) is 60.7 Å². The lowest BCUT2D eigenvalue weighted by molar-refractivity contribution is -0.130. The van der Waals surface area contributed by atoms with Gasteiger partial charge in [0.05, 0.1) is 12.1 Å². The standard InChI is InChI=1S/C23H25N5O/c1-17-7-9-19(10-8-17)20-16-21(26-23(24)25-20)27-11-13-28(14-12-27)22(29)15-18-5-3-2-4-6-18/h2-10,16H,11-15H2,1H3,(H2,24,25,26). The molecule has 2 aromatic carbocycles. The topological polar surface area (TPSA) is 75.3 Å². The molecule has 148 valence electrons. The lowest BCUT2D eigenvalue weighted by Crippen LogP contribution is -2.49. The molecule has 6 nitrogen and oxygen atoms in total. The molecule has 1 aliphatic heterocycles. The van der Waals surface area contributed by atoms with Crippen molar-refractivity contribution in [3.63, 3.8) is 0 Å². The molecule has 1 amide bonds. The van der Waals surface area contributed by atoms with Gasteiger partial charge in [0.15, 0.2) is 0 Å². The van der Waals surface area contributed by atoms with Gasteiger partial charge in [0.1, 0.15) is 5.82 Å². The molecule has 6 heteroatoms. The summed E-state index contributed by atoms with van der Waals surface area (Å²) >= 11 is 0. The molecule has 2 N–H and O–H groups in total. The largest absolute Gasteiger partial charge is 0.368 e. The van der Waals surface area contributed by atoms with Gasteiger partial charge in [-0.05, 0) is 12.5 Å². The highest BCUT2D eigenvalue weighted by Crippen LogP contribution is 2.24. The van der Waals surface area contributed by atoms with Crippen LogP contribution in [0.1, 0.15) is 11.1 Å². The maximum absolute atomic E-state index is 12.6. The van der Waals surface area contributed by atoms with Crippen molar-refractivity contribution in [3.05, 3.63) is 71.8 Å². The Labute approximate surface area is 171 Å². The van der Waals surface area contributed by atoms with E-state index in [0.717, 1.165) is 35.7 Å². The molecule has 1 fully saturated rings. The molecule has 0 radical (unpaired) electrons. The third kappa shape index (κ3) is 4.54. The number of aromatic nitrogens is 2. The molecule has 1 aliphatic rings. The second-order valence-corrected chi connectivity index (χ2v) is 7.37. The zero-order chi connectivity index (χ0) is 20.2. The van der Waals surface area contributed by atoms with Gasteiger partial charge >= 0.3 is 0 Å². The molecule has 1 saturated heterocycles. The maximum atomic E-state index is 12.6. The molecule has 3 aromatic rings. The summed E-state index contributed by atoms with van der Waals surface area (Å²) in [4.78, 5) is 25.5. The number of carbonyl (C=O) groups is 1. The van der Waals surface area contributed by atoms with Crippen LogP contribution in [0.25, 0.3) is 11.3 Å². The molecule has 0 spiro atoms. The van der Waals surface area contributed by atoms with Gasteiger partial charge < -0.3 is 15.5 Å².